The van der Waals surface area contributed by atoms with E-state index < -0.39 is 23.0 Å². The lowest BCUT2D eigenvalue weighted by Gasteiger charge is -2.09. The molecule has 2 aromatic heterocycles. The first-order valence-electron chi connectivity index (χ1n) is 13.2. The van der Waals surface area contributed by atoms with E-state index in [9.17, 15) is 19.7 Å². The number of benzene rings is 4. The third kappa shape index (κ3) is 5.72. The maximum Gasteiger partial charge on any atom is 0.311 e. The van der Waals surface area contributed by atoms with E-state index in [1.165, 1.54) is 24.4 Å². The van der Waals surface area contributed by atoms with Crippen molar-refractivity contribution in [2.75, 3.05) is 11.9 Å². The molecule has 11 nitrogen and oxygen atoms in total. The largest absolute Gasteiger partial charge is 0.477 e. The SMILES string of the molecule is Cc1ccc(NC(=O)COc2ccc(C=Nn3c(-c4cc5ccccc5o4)nc4ccccc4c3=O)cc2[N+](=O)[O-])cc1. The standard InChI is InChI=1S/C32H23N5O6/c1-20-10-13-23(14-11-20)34-30(38)19-42-28-15-12-21(16-26(28)37(40)41)18-33-36-31(29-17-22-6-2-5-9-27(22)43-29)35-25-8-4-3-7-24(25)32(36)39/h2-18H,19H2,1H3,(H,34,38). The number of nitrogens with one attached hydrogen (secondary N) is 1. The molecule has 0 radical (unpaired) electrons. The van der Waals surface area contributed by atoms with Crippen LogP contribution in [0.2, 0.25) is 0 Å². The lowest BCUT2D eigenvalue weighted by molar-refractivity contribution is -0.385. The van der Waals surface area contributed by atoms with Crippen LogP contribution in [0, 0.1) is 17.0 Å². The number of anilines is 1. The summed E-state index contributed by atoms with van der Waals surface area (Å²) in [6.45, 7) is 1.50. The molecule has 1 amide bonds. The van der Waals surface area contributed by atoms with Crippen LogP contribution in [-0.2, 0) is 4.79 Å². The van der Waals surface area contributed by atoms with Crippen LogP contribution < -0.4 is 15.6 Å². The molecule has 212 valence electrons. The smallest absolute Gasteiger partial charge is 0.311 e. The summed E-state index contributed by atoms with van der Waals surface area (Å²) < 4.78 is 12.5. The topological polar surface area (TPSA) is 142 Å². The van der Waals surface area contributed by atoms with E-state index in [-0.39, 0.29) is 17.3 Å². The minimum Gasteiger partial charge on any atom is -0.477 e. The van der Waals surface area contributed by atoms with Gasteiger partial charge in [0, 0.05) is 22.7 Å². The summed E-state index contributed by atoms with van der Waals surface area (Å²) in [5.41, 5.74) is 2.23. The van der Waals surface area contributed by atoms with Crippen molar-refractivity contribution in [1.29, 1.82) is 0 Å². The Hall–Kier alpha value is -6.10. The zero-order chi connectivity index (χ0) is 29.9. The number of nitrogens with zero attached hydrogens (tertiary/aromatic N) is 4. The number of furan rings is 1. The Morgan fingerprint density at radius 3 is 2.60 bits per heavy atom. The number of aromatic nitrogens is 2. The second kappa shape index (κ2) is 11.4. The number of hydrogen-bond acceptors (Lipinski definition) is 8. The fourth-order valence-electron chi connectivity index (χ4n) is 4.46. The Kier molecular flexibility index (Phi) is 7.19. The number of hydrogen-bond donors (Lipinski definition) is 1. The van der Waals surface area contributed by atoms with Gasteiger partial charge >= 0.3 is 5.69 Å². The Morgan fingerprint density at radius 1 is 1.05 bits per heavy atom. The lowest BCUT2D eigenvalue weighted by atomic mass is 10.2. The third-order valence-corrected chi connectivity index (χ3v) is 6.60. The number of nitro benzene ring substituents is 1. The molecule has 6 rings (SSSR count). The van der Waals surface area contributed by atoms with E-state index >= 15 is 0 Å². The summed E-state index contributed by atoms with van der Waals surface area (Å²) >= 11 is 0. The molecule has 11 heteroatoms. The summed E-state index contributed by atoms with van der Waals surface area (Å²) in [5.74, 6) is -0.0520. The Morgan fingerprint density at radius 2 is 1.81 bits per heavy atom. The van der Waals surface area contributed by atoms with Crippen molar-refractivity contribution in [2.24, 2.45) is 5.10 Å². The molecule has 2 heterocycles. The van der Waals surface area contributed by atoms with Crippen molar-refractivity contribution in [3.8, 4) is 17.3 Å². The fraction of sp³-hybridized carbons (Fsp3) is 0.0625. The van der Waals surface area contributed by atoms with E-state index in [2.05, 4.69) is 15.4 Å². The van der Waals surface area contributed by atoms with Crippen LogP contribution >= 0.6 is 0 Å². The summed E-state index contributed by atoms with van der Waals surface area (Å²) in [7, 11) is 0. The van der Waals surface area contributed by atoms with Crippen LogP contribution in [0.15, 0.2) is 111 Å². The quantitative estimate of drug-likeness (QED) is 0.135. The van der Waals surface area contributed by atoms with E-state index in [1.807, 2.05) is 37.3 Å². The number of carbonyl (C=O) groups excluding carboxylic acids is 1. The molecular formula is C32H23N5O6. The Balaban J connectivity index is 1.30. The van der Waals surface area contributed by atoms with Gasteiger partial charge in [0.15, 0.2) is 18.1 Å². The van der Waals surface area contributed by atoms with Gasteiger partial charge in [-0.3, -0.25) is 19.7 Å². The molecule has 0 aliphatic carbocycles. The predicted molar refractivity (Wildman–Crippen MR) is 163 cm³/mol. The first-order valence-corrected chi connectivity index (χ1v) is 13.2. The number of aryl methyl sites for hydroxylation is 1. The molecule has 4 aromatic carbocycles. The van der Waals surface area contributed by atoms with Crippen LogP contribution in [-0.4, -0.2) is 33.3 Å². The van der Waals surface area contributed by atoms with Crippen LogP contribution in [0.5, 0.6) is 5.75 Å². The lowest BCUT2D eigenvalue weighted by Crippen LogP contribution is -2.20. The predicted octanol–water partition coefficient (Wildman–Crippen LogP) is 5.93. The zero-order valence-corrected chi connectivity index (χ0v) is 22.8. The van der Waals surface area contributed by atoms with Crippen molar-refractivity contribution >= 4 is 45.4 Å². The van der Waals surface area contributed by atoms with Crippen LogP contribution in [0.25, 0.3) is 33.5 Å². The van der Waals surface area contributed by atoms with Crippen LogP contribution in [0.1, 0.15) is 11.1 Å². The number of amides is 1. The van der Waals surface area contributed by atoms with E-state index in [4.69, 9.17) is 9.15 Å². The van der Waals surface area contributed by atoms with Gasteiger partial charge in [0.25, 0.3) is 11.5 Å². The van der Waals surface area contributed by atoms with Gasteiger partial charge in [-0.05, 0) is 55.5 Å². The van der Waals surface area contributed by atoms with Gasteiger partial charge in [0.05, 0.1) is 22.0 Å². The molecule has 0 fully saturated rings. The molecule has 43 heavy (non-hydrogen) atoms. The average molecular weight is 574 g/mol. The fourth-order valence-corrected chi connectivity index (χ4v) is 4.46. The highest BCUT2D eigenvalue weighted by Crippen LogP contribution is 2.29. The summed E-state index contributed by atoms with van der Waals surface area (Å²) in [5, 5.41) is 20.1. The van der Waals surface area contributed by atoms with Crippen LogP contribution in [0.3, 0.4) is 0 Å². The average Bonchev–Trinajstić information content (AvgIpc) is 3.45. The molecule has 6 aromatic rings. The highest BCUT2D eigenvalue weighted by Gasteiger charge is 2.19. The molecule has 0 saturated carbocycles. The van der Waals surface area contributed by atoms with Crippen molar-refractivity contribution in [1.82, 2.24) is 9.66 Å². The van der Waals surface area contributed by atoms with Gasteiger partial charge in [-0.1, -0.05) is 48.0 Å². The zero-order valence-electron chi connectivity index (χ0n) is 22.8. The summed E-state index contributed by atoms with van der Waals surface area (Å²) in [6.07, 6.45) is 1.31. The first kappa shape index (κ1) is 27.1. The van der Waals surface area contributed by atoms with Gasteiger partial charge in [-0.2, -0.15) is 9.78 Å². The van der Waals surface area contributed by atoms with Gasteiger partial charge in [-0.15, -0.1) is 0 Å². The highest BCUT2D eigenvalue weighted by molar-refractivity contribution is 5.92. The second-order valence-electron chi connectivity index (χ2n) is 9.65. The summed E-state index contributed by atoms with van der Waals surface area (Å²) in [6, 6.07) is 27.4. The monoisotopic (exact) mass is 573 g/mol. The van der Waals surface area contributed by atoms with Gasteiger partial charge < -0.3 is 14.5 Å². The van der Waals surface area contributed by atoms with Crippen molar-refractivity contribution < 1.29 is 18.9 Å². The second-order valence-corrected chi connectivity index (χ2v) is 9.65. The van der Waals surface area contributed by atoms with E-state index in [0.29, 0.717) is 33.5 Å². The molecular weight excluding hydrogens is 550 g/mol. The molecule has 0 aliphatic heterocycles. The molecule has 0 aliphatic rings. The Labute approximate surface area is 243 Å². The van der Waals surface area contributed by atoms with Gasteiger partial charge in [0.2, 0.25) is 5.82 Å². The molecule has 0 bridgehead atoms. The van der Waals surface area contributed by atoms with Crippen molar-refractivity contribution in [3.05, 3.63) is 129 Å². The number of nitro groups is 1. The van der Waals surface area contributed by atoms with Crippen molar-refractivity contribution in [3.63, 3.8) is 0 Å². The number of ether oxygens (including phenoxy) is 1. The highest BCUT2D eigenvalue weighted by atomic mass is 16.6. The number of para-hydroxylation sites is 2. The van der Waals surface area contributed by atoms with Gasteiger partial charge in [0.1, 0.15) is 5.58 Å². The number of carbonyl (C=O) groups is 1. The summed E-state index contributed by atoms with van der Waals surface area (Å²) in [4.78, 5) is 41.7. The molecule has 0 unspecified atom stereocenters. The maximum atomic E-state index is 13.5. The van der Waals surface area contributed by atoms with E-state index in [0.717, 1.165) is 15.6 Å². The Bertz CT molecular complexity index is 2060. The van der Waals surface area contributed by atoms with Crippen molar-refractivity contribution in [2.45, 2.75) is 6.92 Å². The molecule has 1 N–H and O–H groups in total. The molecule has 0 atom stereocenters. The maximum absolute atomic E-state index is 13.5. The van der Waals surface area contributed by atoms with Gasteiger partial charge in [-0.25, -0.2) is 4.98 Å². The number of fused-ring (bicyclic) bond motifs is 2. The number of rotatable bonds is 8. The first-order chi connectivity index (χ1) is 20.9. The minimum absolute atomic E-state index is 0.0892. The normalized spacial score (nSPS) is 11.3. The molecule has 0 spiro atoms. The molecule has 0 saturated heterocycles. The van der Waals surface area contributed by atoms with E-state index in [1.54, 1.807) is 48.5 Å². The third-order valence-electron chi connectivity index (χ3n) is 6.60. The minimum atomic E-state index is -0.617. The van der Waals surface area contributed by atoms with Crippen LogP contribution in [0.4, 0.5) is 11.4 Å².